The average molecular weight is 557 g/mol. The van der Waals surface area contributed by atoms with Gasteiger partial charge in [-0.2, -0.15) is 0 Å². The lowest BCUT2D eigenvalue weighted by Gasteiger charge is -2.30. The van der Waals surface area contributed by atoms with Gasteiger partial charge in [-0.25, -0.2) is 8.42 Å². The summed E-state index contributed by atoms with van der Waals surface area (Å²) in [6, 6.07) is 11.5. The summed E-state index contributed by atoms with van der Waals surface area (Å²) < 4.78 is 26.1. The van der Waals surface area contributed by atoms with Crippen LogP contribution in [0.15, 0.2) is 42.5 Å². The number of sulfonamides is 1. The number of halogens is 2. The van der Waals surface area contributed by atoms with Crippen molar-refractivity contribution < 1.29 is 18.0 Å². The van der Waals surface area contributed by atoms with Crippen molar-refractivity contribution in [1.29, 1.82) is 0 Å². The summed E-state index contributed by atoms with van der Waals surface area (Å²) in [4.78, 5) is 27.7. The Balaban J connectivity index is 2.19. The molecule has 0 bridgehead atoms. The Bertz CT molecular complexity index is 1160. The predicted octanol–water partition coefficient (Wildman–Crippen LogP) is 5.18. The van der Waals surface area contributed by atoms with Crippen molar-refractivity contribution in [2.24, 2.45) is 0 Å². The molecule has 0 unspecified atom stereocenters. The van der Waals surface area contributed by atoms with Gasteiger partial charge in [0, 0.05) is 25.6 Å². The Hall–Kier alpha value is -2.29. The van der Waals surface area contributed by atoms with E-state index in [2.05, 4.69) is 5.32 Å². The smallest absolute Gasteiger partial charge is 0.242 e. The van der Waals surface area contributed by atoms with Crippen LogP contribution >= 0.6 is 23.2 Å². The zero-order valence-electron chi connectivity index (χ0n) is 21.4. The number of hydrogen-bond acceptors (Lipinski definition) is 4. The van der Waals surface area contributed by atoms with E-state index in [4.69, 9.17) is 23.2 Å². The highest BCUT2D eigenvalue weighted by atomic mass is 35.5. The van der Waals surface area contributed by atoms with Gasteiger partial charge in [0.05, 0.1) is 22.0 Å². The van der Waals surface area contributed by atoms with Crippen LogP contribution in [-0.2, 0) is 26.2 Å². The van der Waals surface area contributed by atoms with E-state index in [0.717, 1.165) is 23.8 Å². The van der Waals surface area contributed by atoms with Crippen LogP contribution in [0.3, 0.4) is 0 Å². The van der Waals surface area contributed by atoms with E-state index in [9.17, 15) is 18.0 Å². The summed E-state index contributed by atoms with van der Waals surface area (Å²) >= 11 is 12.2. The molecule has 0 fully saturated rings. The van der Waals surface area contributed by atoms with Gasteiger partial charge in [0.25, 0.3) is 0 Å². The highest BCUT2D eigenvalue weighted by molar-refractivity contribution is 7.92. The van der Waals surface area contributed by atoms with Crippen molar-refractivity contribution in [3.8, 4) is 0 Å². The first-order valence-corrected chi connectivity index (χ1v) is 14.5. The number of rotatable bonds is 12. The van der Waals surface area contributed by atoms with E-state index < -0.39 is 16.1 Å². The molecular weight excluding hydrogens is 521 g/mol. The minimum Gasteiger partial charge on any atom is -0.352 e. The van der Waals surface area contributed by atoms with Gasteiger partial charge in [-0.05, 0) is 63.4 Å². The van der Waals surface area contributed by atoms with E-state index in [0.29, 0.717) is 15.7 Å². The molecule has 36 heavy (non-hydrogen) atoms. The second-order valence-corrected chi connectivity index (χ2v) is 11.8. The molecule has 0 heterocycles. The molecule has 0 saturated heterocycles. The number of carbonyl (C=O) groups excluding carboxylic acids is 2. The molecule has 198 valence electrons. The van der Waals surface area contributed by atoms with E-state index in [1.54, 1.807) is 37.3 Å². The summed E-state index contributed by atoms with van der Waals surface area (Å²) in [5, 5.41) is 3.69. The third kappa shape index (κ3) is 8.68. The lowest BCUT2D eigenvalue weighted by Crippen LogP contribution is -2.49. The normalized spacial score (nSPS) is 13.1. The quantitative estimate of drug-likeness (QED) is 0.391. The Kier molecular flexibility index (Phi) is 11.1. The Morgan fingerprint density at radius 1 is 1.03 bits per heavy atom. The Morgan fingerprint density at radius 3 is 2.22 bits per heavy atom. The highest BCUT2D eigenvalue weighted by Gasteiger charge is 2.27. The largest absolute Gasteiger partial charge is 0.352 e. The Morgan fingerprint density at radius 2 is 1.67 bits per heavy atom. The first-order chi connectivity index (χ1) is 16.8. The zero-order valence-corrected chi connectivity index (χ0v) is 23.8. The summed E-state index contributed by atoms with van der Waals surface area (Å²) in [6.45, 7) is 7.78. The molecule has 0 aliphatic carbocycles. The van der Waals surface area contributed by atoms with E-state index >= 15 is 0 Å². The second kappa shape index (κ2) is 13.3. The van der Waals surface area contributed by atoms with Crippen LogP contribution in [-0.4, -0.2) is 50.0 Å². The van der Waals surface area contributed by atoms with Crippen LogP contribution in [0.5, 0.6) is 0 Å². The molecule has 1 N–H and O–H groups in total. The summed E-state index contributed by atoms with van der Waals surface area (Å²) in [5.74, 6) is -0.514. The fraction of sp³-hybridized carbons (Fsp3) is 0.462. The van der Waals surface area contributed by atoms with Crippen molar-refractivity contribution in [2.75, 3.05) is 17.1 Å². The van der Waals surface area contributed by atoms with Gasteiger partial charge in [-0.15, -0.1) is 0 Å². The molecule has 2 aromatic rings. The second-order valence-electron chi connectivity index (χ2n) is 9.04. The van der Waals surface area contributed by atoms with Gasteiger partial charge >= 0.3 is 0 Å². The van der Waals surface area contributed by atoms with Crippen LogP contribution in [0.4, 0.5) is 5.69 Å². The molecule has 0 aliphatic rings. The molecule has 2 amide bonds. The zero-order chi connectivity index (χ0) is 27.0. The first kappa shape index (κ1) is 29.9. The van der Waals surface area contributed by atoms with Crippen molar-refractivity contribution in [1.82, 2.24) is 10.2 Å². The van der Waals surface area contributed by atoms with Crippen molar-refractivity contribution in [3.05, 3.63) is 63.6 Å². The van der Waals surface area contributed by atoms with Crippen LogP contribution in [0, 0.1) is 6.92 Å². The monoisotopic (exact) mass is 555 g/mol. The molecule has 10 heteroatoms. The molecule has 2 aromatic carbocycles. The standard InChI is InChI=1S/C26H35Cl2N3O4S/c1-6-19(3)29-26(33)20(4)30(17-21-11-14-23(27)24(28)16-21)25(32)8-7-15-31(36(5,34)35)22-12-9-18(2)10-13-22/h9-14,16,19-20H,6-8,15,17H2,1-5H3,(H,29,33)/t19-,20+/m1/s1. The maximum atomic E-state index is 13.3. The summed E-state index contributed by atoms with van der Waals surface area (Å²) in [7, 11) is -3.54. The number of hydrogen-bond donors (Lipinski definition) is 1. The molecule has 0 aliphatic heterocycles. The van der Waals surface area contributed by atoms with Gasteiger partial charge in [0.2, 0.25) is 21.8 Å². The number of nitrogens with zero attached hydrogens (tertiary/aromatic N) is 2. The van der Waals surface area contributed by atoms with Gasteiger partial charge in [-0.3, -0.25) is 13.9 Å². The fourth-order valence-electron chi connectivity index (χ4n) is 3.60. The van der Waals surface area contributed by atoms with Crippen LogP contribution < -0.4 is 9.62 Å². The van der Waals surface area contributed by atoms with Crippen molar-refractivity contribution >= 4 is 50.7 Å². The number of benzene rings is 2. The fourth-order valence-corrected chi connectivity index (χ4v) is 4.88. The molecule has 0 saturated carbocycles. The van der Waals surface area contributed by atoms with Gasteiger partial charge in [0.1, 0.15) is 6.04 Å². The number of nitrogens with one attached hydrogen (secondary N) is 1. The third-order valence-electron chi connectivity index (χ3n) is 5.98. The maximum Gasteiger partial charge on any atom is 0.242 e. The van der Waals surface area contributed by atoms with E-state index in [-0.39, 0.29) is 43.8 Å². The molecule has 2 atom stereocenters. The van der Waals surface area contributed by atoms with Crippen molar-refractivity contribution in [3.63, 3.8) is 0 Å². The number of aryl methyl sites for hydroxylation is 1. The molecule has 2 rings (SSSR count). The third-order valence-corrected chi connectivity index (χ3v) is 7.91. The minimum atomic E-state index is -3.54. The van der Waals surface area contributed by atoms with E-state index in [1.165, 1.54) is 9.21 Å². The summed E-state index contributed by atoms with van der Waals surface area (Å²) in [6.07, 6.45) is 2.27. The van der Waals surface area contributed by atoms with Gasteiger partial charge in [-0.1, -0.05) is 53.9 Å². The first-order valence-electron chi connectivity index (χ1n) is 11.9. The van der Waals surface area contributed by atoms with Gasteiger partial charge < -0.3 is 10.2 Å². The number of amides is 2. The molecule has 0 radical (unpaired) electrons. The number of carbonyl (C=O) groups is 2. The predicted molar refractivity (Wildman–Crippen MR) is 147 cm³/mol. The Labute approximate surface area is 224 Å². The highest BCUT2D eigenvalue weighted by Crippen LogP contribution is 2.24. The SMILES string of the molecule is CC[C@@H](C)NC(=O)[C@H](C)N(Cc1ccc(Cl)c(Cl)c1)C(=O)CCCN(c1ccc(C)cc1)S(C)(=O)=O. The van der Waals surface area contributed by atoms with E-state index in [1.807, 2.05) is 32.9 Å². The molecule has 7 nitrogen and oxygen atoms in total. The molecule has 0 spiro atoms. The maximum absolute atomic E-state index is 13.3. The van der Waals surface area contributed by atoms with Gasteiger partial charge in [0.15, 0.2) is 0 Å². The minimum absolute atomic E-state index is 0.0280. The average Bonchev–Trinajstić information content (AvgIpc) is 2.81. The van der Waals surface area contributed by atoms with Crippen LogP contribution in [0.2, 0.25) is 10.0 Å². The van der Waals surface area contributed by atoms with Crippen molar-refractivity contribution in [2.45, 2.75) is 65.6 Å². The molecular formula is C26H35Cl2N3O4S. The molecule has 0 aromatic heterocycles. The lowest BCUT2D eigenvalue weighted by atomic mass is 10.1. The summed E-state index contributed by atoms with van der Waals surface area (Å²) in [5.41, 5.74) is 2.30. The lowest BCUT2D eigenvalue weighted by molar-refractivity contribution is -0.140. The number of anilines is 1. The van der Waals surface area contributed by atoms with Crippen LogP contribution in [0.25, 0.3) is 0 Å². The topological polar surface area (TPSA) is 86.8 Å². The van der Waals surface area contributed by atoms with Crippen LogP contribution in [0.1, 0.15) is 51.2 Å².